The van der Waals surface area contributed by atoms with Crippen molar-refractivity contribution < 1.29 is 22.4 Å². The van der Waals surface area contributed by atoms with Crippen LogP contribution in [0.2, 0.25) is 0 Å². The van der Waals surface area contributed by atoms with E-state index in [1.807, 2.05) is 0 Å². The molecular weight excluding hydrogens is 224 g/mol. The Morgan fingerprint density at radius 3 is 2.00 bits per heavy atom. The van der Waals surface area contributed by atoms with E-state index in [2.05, 4.69) is 0 Å². The zero-order chi connectivity index (χ0) is 12.5. The quantitative estimate of drug-likeness (QED) is 0.564. The van der Waals surface area contributed by atoms with Gasteiger partial charge in [-0.3, -0.25) is 4.79 Å². The monoisotopic (exact) mass is 234 g/mol. The van der Waals surface area contributed by atoms with Crippen LogP contribution in [0.15, 0.2) is 12.1 Å². The summed E-state index contributed by atoms with van der Waals surface area (Å²) in [5.74, 6) is -1.54. The van der Waals surface area contributed by atoms with Crippen molar-refractivity contribution in [3.05, 3.63) is 34.6 Å². The standard InChI is InChI=1S/C11H10F4O/c1-6-3-8(4-7(2)10(6)12)9(16)5-11(13,14)15/h3-4H,5H2,1-2H3. The molecule has 0 spiro atoms. The molecule has 0 heterocycles. The van der Waals surface area contributed by atoms with Gasteiger partial charge in [-0.05, 0) is 37.1 Å². The van der Waals surface area contributed by atoms with Gasteiger partial charge < -0.3 is 0 Å². The number of Topliss-reactive ketones (excluding diaryl/α,β-unsaturated/α-hetero) is 1. The van der Waals surface area contributed by atoms with Crippen molar-refractivity contribution in [1.82, 2.24) is 0 Å². The summed E-state index contributed by atoms with van der Waals surface area (Å²) in [5.41, 5.74) is 0.241. The third kappa shape index (κ3) is 3.05. The predicted molar refractivity (Wildman–Crippen MR) is 50.9 cm³/mol. The predicted octanol–water partition coefficient (Wildman–Crippen LogP) is 3.58. The van der Waals surface area contributed by atoms with E-state index in [9.17, 15) is 22.4 Å². The van der Waals surface area contributed by atoms with Crippen LogP contribution in [0.25, 0.3) is 0 Å². The fourth-order valence-electron chi connectivity index (χ4n) is 1.39. The fraction of sp³-hybridized carbons (Fsp3) is 0.364. The van der Waals surface area contributed by atoms with Crippen LogP contribution in [0.1, 0.15) is 27.9 Å². The molecule has 0 amide bonds. The Labute approximate surface area is 90.1 Å². The van der Waals surface area contributed by atoms with Gasteiger partial charge in [0.1, 0.15) is 12.2 Å². The van der Waals surface area contributed by atoms with Gasteiger partial charge in [0.15, 0.2) is 5.78 Å². The number of ketones is 1. The number of carbonyl (C=O) groups is 1. The Morgan fingerprint density at radius 2 is 1.62 bits per heavy atom. The second kappa shape index (κ2) is 4.23. The van der Waals surface area contributed by atoms with E-state index in [1.165, 1.54) is 13.8 Å². The molecule has 0 aliphatic rings. The van der Waals surface area contributed by atoms with Crippen LogP contribution in [-0.4, -0.2) is 12.0 Å². The summed E-state index contributed by atoms with van der Waals surface area (Å²) in [4.78, 5) is 11.2. The fourth-order valence-corrected chi connectivity index (χ4v) is 1.39. The highest BCUT2D eigenvalue weighted by Gasteiger charge is 2.31. The number of benzene rings is 1. The van der Waals surface area contributed by atoms with Crippen molar-refractivity contribution in [1.29, 1.82) is 0 Å². The number of hydrogen-bond donors (Lipinski definition) is 0. The van der Waals surface area contributed by atoms with Crippen molar-refractivity contribution in [2.75, 3.05) is 0 Å². The SMILES string of the molecule is Cc1cc(C(=O)CC(F)(F)F)cc(C)c1F. The molecule has 1 aromatic carbocycles. The van der Waals surface area contributed by atoms with E-state index in [1.54, 1.807) is 0 Å². The summed E-state index contributed by atoms with van der Waals surface area (Å²) in [7, 11) is 0. The summed E-state index contributed by atoms with van der Waals surface area (Å²) in [6.07, 6.45) is -6.05. The summed E-state index contributed by atoms with van der Waals surface area (Å²) in [6, 6.07) is 2.27. The Balaban J connectivity index is 3.02. The molecule has 0 saturated heterocycles. The minimum Gasteiger partial charge on any atom is -0.294 e. The third-order valence-electron chi connectivity index (χ3n) is 2.12. The van der Waals surface area contributed by atoms with Crippen molar-refractivity contribution >= 4 is 5.78 Å². The summed E-state index contributed by atoms with van der Waals surface area (Å²) >= 11 is 0. The molecule has 16 heavy (non-hydrogen) atoms. The van der Waals surface area contributed by atoms with Crippen molar-refractivity contribution in [3.8, 4) is 0 Å². The van der Waals surface area contributed by atoms with Gasteiger partial charge in [0.25, 0.3) is 0 Å². The molecule has 0 bridgehead atoms. The molecule has 0 aliphatic heterocycles. The first-order valence-corrected chi connectivity index (χ1v) is 4.57. The van der Waals surface area contributed by atoms with Gasteiger partial charge in [-0.25, -0.2) is 4.39 Å². The zero-order valence-electron chi connectivity index (χ0n) is 8.78. The van der Waals surface area contributed by atoms with Gasteiger partial charge in [0.05, 0.1) is 0 Å². The van der Waals surface area contributed by atoms with Crippen LogP contribution in [0, 0.1) is 19.7 Å². The van der Waals surface area contributed by atoms with Crippen molar-refractivity contribution in [3.63, 3.8) is 0 Å². The van der Waals surface area contributed by atoms with Crippen LogP contribution < -0.4 is 0 Å². The Kier molecular flexibility index (Phi) is 3.35. The maximum atomic E-state index is 13.2. The molecule has 0 fully saturated rings. The number of alkyl halides is 3. The van der Waals surface area contributed by atoms with E-state index in [-0.39, 0.29) is 16.7 Å². The minimum absolute atomic E-state index is 0.103. The third-order valence-corrected chi connectivity index (χ3v) is 2.12. The first-order chi connectivity index (χ1) is 7.20. The minimum atomic E-state index is -4.53. The maximum absolute atomic E-state index is 13.2. The number of rotatable bonds is 2. The van der Waals surface area contributed by atoms with E-state index in [4.69, 9.17) is 0 Å². The number of hydrogen-bond acceptors (Lipinski definition) is 1. The second-order valence-electron chi connectivity index (χ2n) is 3.64. The number of carbonyl (C=O) groups excluding carboxylic acids is 1. The van der Waals surface area contributed by atoms with Crippen LogP contribution in [0.5, 0.6) is 0 Å². The lowest BCUT2D eigenvalue weighted by molar-refractivity contribution is -0.125. The number of aryl methyl sites for hydroxylation is 2. The molecular formula is C11H10F4O. The molecule has 0 saturated carbocycles. The lowest BCUT2D eigenvalue weighted by Gasteiger charge is -2.08. The molecule has 1 rings (SSSR count). The van der Waals surface area contributed by atoms with E-state index < -0.39 is 24.2 Å². The molecule has 0 atom stereocenters. The Hall–Kier alpha value is -1.39. The summed E-state index contributed by atoms with van der Waals surface area (Å²) in [5, 5.41) is 0. The average Bonchev–Trinajstić information content (AvgIpc) is 2.10. The highest BCUT2D eigenvalue weighted by molar-refractivity contribution is 5.96. The van der Waals surface area contributed by atoms with Gasteiger partial charge in [-0.15, -0.1) is 0 Å². The van der Waals surface area contributed by atoms with E-state index in [0.717, 1.165) is 12.1 Å². The zero-order valence-corrected chi connectivity index (χ0v) is 8.78. The molecule has 0 aliphatic carbocycles. The van der Waals surface area contributed by atoms with Crippen molar-refractivity contribution in [2.45, 2.75) is 26.4 Å². The van der Waals surface area contributed by atoms with Crippen LogP contribution in [0.3, 0.4) is 0 Å². The highest BCUT2D eigenvalue weighted by atomic mass is 19.4. The molecule has 88 valence electrons. The van der Waals surface area contributed by atoms with Gasteiger partial charge in [0.2, 0.25) is 0 Å². The molecule has 0 unspecified atom stereocenters. The summed E-state index contributed by atoms with van der Waals surface area (Å²) < 4.78 is 49.1. The van der Waals surface area contributed by atoms with Gasteiger partial charge in [0, 0.05) is 5.56 Å². The maximum Gasteiger partial charge on any atom is 0.396 e. The molecule has 1 aromatic rings. The first-order valence-electron chi connectivity index (χ1n) is 4.57. The van der Waals surface area contributed by atoms with Crippen LogP contribution in [0.4, 0.5) is 17.6 Å². The Morgan fingerprint density at radius 1 is 1.19 bits per heavy atom. The lowest BCUT2D eigenvalue weighted by Crippen LogP contribution is -2.15. The van der Waals surface area contributed by atoms with E-state index in [0.29, 0.717) is 0 Å². The van der Waals surface area contributed by atoms with Crippen molar-refractivity contribution in [2.24, 2.45) is 0 Å². The van der Waals surface area contributed by atoms with Gasteiger partial charge in [-0.1, -0.05) is 0 Å². The normalized spacial score (nSPS) is 11.6. The average molecular weight is 234 g/mol. The summed E-state index contributed by atoms with van der Waals surface area (Å²) in [6.45, 7) is 2.82. The Bertz CT molecular complexity index is 397. The largest absolute Gasteiger partial charge is 0.396 e. The smallest absolute Gasteiger partial charge is 0.294 e. The molecule has 0 N–H and O–H groups in total. The highest BCUT2D eigenvalue weighted by Crippen LogP contribution is 2.23. The molecule has 1 nitrogen and oxygen atoms in total. The molecule has 0 aromatic heterocycles. The van der Waals surface area contributed by atoms with E-state index >= 15 is 0 Å². The number of halogens is 4. The van der Waals surface area contributed by atoms with Gasteiger partial charge in [-0.2, -0.15) is 13.2 Å². The topological polar surface area (TPSA) is 17.1 Å². The molecule has 5 heteroatoms. The molecule has 0 radical (unpaired) electrons. The van der Waals surface area contributed by atoms with Crippen LogP contribution in [-0.2, 0) is 0 Å². The van der Waals surface area contributed by atoms with Crippen LogP contribution >= 0.6 is 0 Å². The van der Waals surface area contributed by atoms with Gasteiger partial charge >= 0.3 is 6.18 Å². The second-order valence-corrected chi connectivity index (χ2v) is 3.64. The lowest BCUT2D eigenvalue weighted by atomic mass is 10.0. The first kappa shape index (κ1) is 12.7.